The second kappa shape index (κ2) is 5.80. The Morgan fingerprint density at radius 1 is 1.22 bits per heavy atom. The van der Waals surface area contributed by atoms with Crippen LogP contribution in [0.3, 0.4) is 0 Å². The number of hydrogen-bond acceptors (Lipinski definition) is 5. The Kier molecular flexibility index (Phi) is 3.66. The van der Waals surface area contributed by atoms with Crippen molar-refractivity contribution in [1.29, 1.82) is 0 Å². The molecule has 4 aromatic rings. The highest BCUT2D eigenvalue weighted by molar-refractivity contribution is 6.00. The van der Waals surface area contributed by atoms with Gasteiger partial charge in [0.1, 0.15) is 17.8 Å². The molecule has 0 unspecified atom stereocenters. The molecular weight excluding hydrogens is 342 g/mol. The topological polar surface area (TPSA) is 128 Å². The molecule has 27 heavy (non-hydrogen) atoms. The van der Waals surface area contributed by atoms with Crippen molar-refractivity contribution in [2.24, 2.45) is 5.73 Å². The van der Waals surface area contributed by atoms with E-state index in [1.54, 1.807) is 0 Å². The van der Waals surface area contributed by atoms with Crippen molar-refractivity contribution in [2.75, 3.05) is 5.73 Å². The first-order chi connectivity index (χ1) is 12.7. The van der Waals surface area contributed by atoms with Crippen LogP contribution in [0, 0.1) is 0 Å². The van der Waals surface area contributed by atoms with Crippen LogP contribution in [-0.4, -0.2) is 30.6 Å². The predicted octanol–water partition coefficient (Wildman–Crippen LogP) is 2.34. The Balaban J connectivity index is 1.93. The zero-order valence-corrected chi connectivity index (χ0v) is 15.4. The van der Waals surface area contributed by atoms with E-state index < -0.39 is 0 Å². The first-order valence-electron chi connectivity index (χ1n) is 8.64. The number of primary amides is 1. The lowest BCUT2D eigenvalue weighted by atomic mass is 10.1. The molecule has 0 fully saturated rings. The van der Waals surface area contributed by atoms with Gasteiger partial charge in [0.05, 0.1) is 23.0 Å². The molecule has 0 bridgehead atoms. The van der Waals surface area contributed by atoms with Crippen LogP contribution in [0.5, 0.6) is 0 Å². The third-order valence-corrected chi connectivity index (χ3v) is 4.45. The van der Waals surface area contributed by atoms with Gasteiger partial charge in [0.15, 0.2) is 5.65 Å². The number of nitrogens with one attached hydrogen (secondary N) is 1. The van der Waals surface area contributed by atoms with Crippen molar-refractivity contribution in [3.8, 4) is 11.4 Å². The Morgan fingerprint density at radius 2 is 2.00 bits per heavy atom. The fraction of sp³-hybridized carbons (Fsp3) is 0.263. The van der Waals surface area contributed by atoms with E-state index in [1.807, 2.05) is 28.9 Å². The number of nitrogens with zero attached hydrogens (tertiary/aromatic N) is 4. The number of nitrogen functional groups attached to an aromatic ring is 1. The van der Waals surface area contributed by atoms with Gasteiger partial charge in [0.25, 0.3) is 0 Å². The number of nitrogens with two attached hydrogens (primary N) is 2. The minimum absolute atomic E-state index is 0.201. The second-order valence-electron chi connectivity index (χ2n) is 7.64. The summed E-state index contributed by atoms with van der Waals surface area (Å²) in [6.07, 6.45) is 1.65. The summed E-state index contributed by atoms with van der Waals surface area (Å²) in [7, 11) is 0. The number of anilines is 1. The van der Waals surface area contributed by atoms with E-state index >= 15 is 0 Å². The highest BCUT2D eigenvalue weighted by Gasteiger charge is 2.24. The normalized spacial score (nSPS) is 12.1. The Hall–Kier alpha value is -3.42. The van der Waals surface area contributed by atoms with Gasteiger partial charge < -0.3 is 16.5 Å². The highest BCUT2D eigenvalue weighted by atomic mass is 16.1. The standard InChI is InChI=1S/C19H21N7O/c1-19(2,3)26-18-15(17(21)22-9-23-18)16(25-26)13-8-11-5-4-10(7-14(20)27)6-12(11)24-13/h4-6,8-9,24H,7H2,1-3H3,(H2,20,27)(H2,21,22,23). The van der Waals surface area contributed by atoms with Crippen molar-refractivity contribution in [2.45, 2.75) is 32.7 Å². The summed E-state index contributed by atoms with van der Waals surface area (Å²) in [5.41, 5.74) is 15.2. The highest BCUT2D eigenvalue weighted by Crippen LogP contribution is 2.34. The van der Waals surface area contributed by atoms with E-state index in [9.17, 15) is 4.79 Å². The van der Waals surface area contributed by atoms with Crippen molar-refractivity contribution >= 4 is 33.7 Å². The van der Waals surface area contributed by atoms with Crippen molar-refractivity contribution in [3.63, 3.8) is 0 Å². The summed E-state index contributed by atoms with van der Waals surface area (Å²) in [6.45, 7) is 6.18. The van der Waals surface area contributed by atoms with Crippen LogP contribution in [0.2, 0.25) is 0 Å². The number of aromatic amines is 1. The van der Waals surface area contributed by atoms with E-state index in [0.29, 0.717) is 17.2 Å². The van der Waals surface area contributed by atoms with Crippen LogP contribution in [0.4, 0.5) is 5.82 Å². The summed E-state index contributed by atoms with van der Waals surface area (Å²) in [6, 6.07) is 7.78. The number of carbonyl (C=O) groups excluding carboxylic acids is 1. The molecule has 0 radical (unpaired) electrons. The van der Waals surface area contributed by atoms with Gasteiger partial charge in [0.2, 0.25) is 5.91 Å². The van der Waals surface area contributed by atoms with E-state index in [1.165, 1.54) is 6.33 Å². The fourth-order valence-electron chi connectivity index (χ4n) is 3.24. The molecule has 0 atom stereocenters. The number of rotatable bonds is 3. The number of fused-ring (bicyclic) bond motifs is 2. The average molecular weight is 363 g/mol. The van der Waals surface area contributed by atoms with Gasteiger partial charge in [-0.1, -0.05) is 12.1 Å². The van der Waals surface area contributed by atoms with Crippen molar-refractivity contribution in [3.05, 3.63) is 36.2 Å². The molecular formula is C19H21N7O. The SMILES string of the molecule is CC(C)(C)n1nc(-c2cc3ccc(CC(N)=O)cc3[nH]2)c2c(N)ncnc21. The number of aromatic nitrogens is 5. The zero-order chi connectivity index (χ0) is 19.3. The maximum absolute atomic E-state index is 11.2. The largest absolute Gasteiger partial charge is 0.383 e. The number of benzene rings is 1. The summed E-state index contributed by atoms with van der Waals surface area (Å²) < 4.78 is 1.86. The zero-order valence-electron chi connectivity index (χ0n) is 15.4. The van der Waals surface area contributed by atoms with Gasteiger partial charge in [-0.25, -0.2) is 14.6 Å². The quantitative estimate of drug-likeness (QED) is 0.514. The monoisotopic (exact) mass is 363 g/mol. The van der Waals surface area contributed by atoms with Crippen LogP contribution < -0.4 is 11.5 Å². The van der Waals surface area contributed by atoms with Gasteiger partial charge >= 0.3 is 0 Å². The molecule has 5 N–H and O–H groups in total. The molecule has 0 aliphatic carbocycles. The molecule has 1 aromatic carbocycles. The predicted molar refractivity (Wildman–Crippen MR) is 105 cm³/mol. The molecule has 4 rings (SSSR count). The summed E-state index contributed by atoms with van der Waals surface area (Å²) >= 11 is 0. The molecule has 8 heteroatoms. The van der Waals surface area contributed by atoms with E-state index in [4.69, 9.17) is 16.6 Å². The van der Waals surface area contributed by atoms with Crippen molar-refractivity contribution < 1.29 is 4.79 Å². The van der Waals surface area contributed by atoms with Gasteiger partial charge in [-0.3, -0.25) is 4.79 Å². The second-order valence-corrected chi connectivity index (χ2v) is 7.64. The minimum atomic E-state index is -0.360. The maximum atomic E-state index is 11.2. The average Bonchev–Trinajstić information content (AvgIpc) is 3.15. The molecule has 3 aromatic heterocycles. The first kappa shape index (κ1) is 17.0. The molecule has 138 valence electrons. The Labute approximate surface area is 155 Å². The lowest BCUT2D eigenvalue weighted by Crippen LogP contribution is -2.23. The summed E-state index contributed by atoms with van der Waals surface area (Å²) in [5, 5.41) is 6.51. The lowest BCUT2D eigenvalue weighted by Gasteiger charge is -2.19. The van der Waals surface area contributed by atoms with E-state index in [2.05, 4.69) is 35.7 Å². The molecule has 0 aliphatic rings. The summed E-state index contributed by atoms with van der Waals surface area (Å²) in [4.78, 5) is 23.1. The number of carbonyl (C=O) groups is 1. The number of amides is 1. The lowest BCUT2D eigenvalue weighted by molar-refractivity contribution is -0.117. The molecule has 0 aliphatic heterocycles. The van der Waals surface area contributed by atoms with Gasteiger partial charge in [-0.15, -0.1) is 0 Å². The maximum Gasteiger partial charge on any atom is 0.221 e. The smallest absolute Gasteiger partial charge is 0.221 e. The fourth-order valence-corrected chi connectivity index (χ4v) is 3.24. The van der Waals surface area contributed by atoms with Gasteiger partial charge in [0, 0.05) is 10.9 Å². The molecule has 1 amide bonds. The molecule has 0 saturated heterocycles. The molecule has 0 saturated carbocycles. The number of H-pyrrole nitrogens is 1. The van der Waals surface area contributed by atoms with E-state index in [-0.39, 0.29) is 17.9 Å². The minimum Gasteiger partial charge on any atom is -0.383 e. The van der Waals surface area contributed by atoms with Crippen molar-refractivity contribution in [1.82, 2.24) is 24.7 Å². The molecule has 3 heterocycles. The third-order valence-electron chi connectivity index (χ3n) is 4.45. The van der Waals surface area contributed by atoms with Crippen LogP contribution in [0.1, 0.15) is 26.3 Å². The van der Waals surface area contributed by atoms with Gasteiger partial charge in [-0.2, -0.15) is 5.10 Å². The van der Waals surface area contributed by atoms with Crippen LogP contribution in [-0.2, 0) is 16.8 Å². The number of hydrogen-bond donors (Lipinski definition) is 3. The first-order valence-corrected chi connectivity index (χ1v) is 8.64. The Bertz CT molecular complexity index is 1180. The van der Waals surface area contributed by atoms with Crippen LogP contribution in [0.25, 0.3) is 33.3 Å². The molecule has 0 spiro atoms. The van der Waals surface area contributed by atoms with Gasteiger partial charge in [-0.05, 0) is 38.5 Å². The Morgan fingerprint density at radius 3 is 2.70 bits per heavy atom. The third kappa shape index (κ3) is 2.88. The summed E-state index contributed by atoms with van der Waals surface area (Å²) in [5.74, 6) is 0.0274. The van der Waals surface area contributed by atoms with Crippen LogP contribution >= 0.6 is 0 Å². The van der Waals surface area contributed by atoms with E-state index in [0.717, 1.165) is 27.5 Å². The molecule has 8 nitrogen and oxygen atoms in total. The van der Waals surface area contributed by atoms with Crippen LogP contribution in [0.15, 0.2) is 30.6 Å².